The molecule has 0 saturated carbocycles. The first-order valence-corrected chi connectivity index (χ1v) is 6.11. The van der Waals surface area contributed by atoms with Crippen molar-refractivity contribution in [1.82, 2.24) is 4.90 Å². The van der Waals surface area contributed by atoms with Gasteiger partial charge in [-0.3, -0.25) is 0 Å². The lowest BCUT2D eigenvalue weighted by molar-refractivity contribution is 0.0181. The standard InChI is InChI=1S/C13H12FN3O4/c14-10-2-1-8(12(18)19)5-11(10)16-13(20)17-3-4-21-9(6-15)7-17/h1-2,5,9H,3-4,7H2,(H,16,20)(H,18,19). The lowest BCUT2D eigenvalue weighted by Gasteiger charge is -2.29. The summed E-state index contributed by atoms with van der Waals surface area (Å²) in [5, 5.41) is 19.9. The zero-order chi connectivity index (χ0) is 15.4. The number of carbonyl (C=O) groups is 2. The van der Waals surface area contributed by atoms with Crippen LogP contribution in [0.5, 0.6) is 0 Å². The number of halogens is 1. The molecule has 2 N–H and O–H groups in total. The maximum atomic E-state index is 13.6. The van der Waals surface area contributed by atoms with E-state index in [9.17, 15) is 14.0 Å². The van der Waals surface area contributed by atoms with Crippen LogP contribution in [-0.2, 0) is 4.74 Å². The van der Waals surface area contributed by atoms with Crippen molar-refractivity contribution in [3.63, 3.8) is 0 Å². The second-order valence-electron chi connectivity index (χ2n) is 4.36. The normalized spacial score (nSPS) is 17.9. The fraction of sp³-hybridized carbons (Fsp3) is 0.308. The van der Waals surface area contributed by atoms with Crippen molar-refractivity contribution in [2.45, 2.75) is 6.10 Å². The number of urea groups is 1. The van der Waals surface area contributed by atoms with Gasteiger partial charge in [-0.1, -0.05) is 0 Å². The number of carboxylic acids is 1. The average molecular weight is 293 g/mol. The van der Waals surface area contributed by atoms with Gasteiger partial charge in [-0.05, 0) is 18.2 Å². The van der Waals surface area contributed by atoms with E-state index in [4.69, 9.17) is 15.1 Å². The van der Waals surface area contributed by atoms with E-state index >= 15 is 0 Å². The van der Waals surface area contributed by atoms with Gasteiger partial charge in [0.2, 0.25) is 0 Å². The molecule has 0 aromatic heterocycles. The number of hydrogen-bond acceptors (Lipinski definition) is 4. The summed E-state index contributed by atoms with van der Waals surface area (Å²) in [7, 11) is 0. The molecule has 110 valence electrons. The number of nitrogens with one attached hydrogen (secondary N) is 1. The number of benzene rings is 1. The lowest BCUT2D eigenvalue weighted by atomic mass is 10.2. The van der Waals surface area contributed by atoms with Gasteiger partial charge in [-0.15, -0.1) is 0 Å². The molecule has 7 nitrogen and oxygen atoms in total. The minimum Gasteiger partial charge on any atom is -0.478 e. The number of nitriles is 1. The maximum absolute atomic E-state index is 13.6. The second kappa shape index (κ2) is 6.19. The van der Waals surface area contributed by atoms with Gasteiger partial charge in [-0.2, -0.15) is 5.26 Å². The molecule has 1 unspecified atom stereocenters. The van der Waals surface area contributed by atoms with Gasteiger partial charge in [0.05, 0.1) is 30.5 Å². The molecule has 1 aromatic carbocycles. The summed E-state index contributed by atoms with van der Waals surface area (Å²) in [6.45, 7) is 0.552. The van der Waals surface area contributed by atoms with E-state index in [1.165, 1.54) is 4.90 Å². The third-order valence-electron chi connectivity index (χ3n) is 2.95. The predicted molar refractivity (Wildman–Crippen MR) is 69.3 cm³/mol. The Kier molecular flexibility index (Phi) is 4.35. The number of amides is 2. The number of aromatic carboxylic acids is 1. The van der Waals surface area contributed by atoms with E-state index in [0.717, 1.165) is 18.2 Å². The number of morpholine rings is 1. The van der Waals surface area contributed by atoms with Gasteiger partial charge >= 0.3 is 12.0 Å². The van der Waals surface area contributed by atoms with Crippen LogP contribution in [0.25, 0.3) is 0 Å². The van der Waals surface area contributed by atoms with Gasteiger partial charge in [0, 0.05) is 6.54 Å². The Morgan fingerprint density at radius 1 is 1.52 bits per heavy atom. The number of nitrogens with zero attached hydrogens (tertiary/aromatic N) is 2. The SMILES string of the molecule is N#CC1CN(C(=O)Nc2cc(C(=O)O)ccc2F)CCO1. The number of carbonyl (C=O) groups excluding carboxylic acids is 1. The molecule has 8 heteroatoms. The summed E-state index contributed by atoms with van der Waals surface area (Å²) < 4.78 is 18.7. The molecule has 1 saturated heterocycles. The molecule has 2 amide bonds. The summed E-state index contributed by atoms with van der Waals surface area (Å²) in [5.41, 5.74) is -0.358. The highest BCUT2D eigenvalue weighted by Gasteiger charge is 2.24. The van der Waals surface area contributed by atoms with E-state index in [-0.39, 0.29) is 30.9 Å². The first kappa shape index (κ1) is 14.7. The van der Waals surface area contributed by atoms with Crippen molar-refractivity contribution in [2.75, 3.05) is 25.0 Å². The zero-order valence-electron chi connectivity index (χ0n) is 10.9. The molecule has 2 rings (SSSR count). The summed E-state index contributed by atoms with van der Waals surface area (Å²) in [5.74, 6) is -1.96. The highest BCUT2D eigenvalue weighted by molar-refractivity contribution is 5.93. The highest BCUT2D eigenvalue weighted by atomic mass is 19.1. The van der Waals surface area contributed by atoms with Crippen LogP contribution in [0.3, 0.4) is 0 Å². The molecule has 21 heavy (non-hydrogen) atoms. The largest absolute Gasteiger partial charge is 0.478 e. The van der Waals surface area contributed by atoms with Crippen LogP contribution in [0.2, 0.25) is 0 Å². The van der Waals surface area contributed by atoms with Gasteiger partial charge in [-0.25, -0.2) is 14.0 Å². The molecule has 1 fully saturated rings. The molecular formula is C13H12FN3O4. The van der Waals surface area contributed by atoms with Gasteiger partial charge < -0.3 is 20.1 Å². The summed E-state index contributed by atoms with van der Waals surface area (Å²) in [4.78, 5) is 24.1. The summed E-state index contributed by atoms with van der Waals surface area (Å²) in [6, 6.07) is 4.39. The predicted octanol–water partition coefficient (Wildman–Crippen LogP) is 1.28. The monoisotopic (exact) mass is 293 g/mol. The molecule has 1 aromatic rings. The molecule has 1 heterocycles. The quantitative estimate of drug-likeness (QED) is 0.855. The minimum atomic E-state index is -1.22. The van der Waals surface area contributed by atoms with Crippen LogP contribution in [0.15, 0.2) is 18.2 Å². The number of rotatable bonds is 2. The fourth-order valence-electron chi connectivity index (χ4n) is 1.86. The Morgan fingerprint density at radius 2 is 2.29 bits per heavy atom. The maximum Gasteiger partial charge on any atom is 0.335 e. The Morgan fingerprint density at radius 3 is 2.95 bits per heavy atom. The zero-order valence-corrected chi connectivity index (χ0v) is 10.9. The Hall–Kier alpha value is -2.66. The van der Waals surface area contributed by atoms with Crippen LogP contribution < -0.4 is 5.32 Å². The van der Waals surface area contributed by atoms with E-state index in [2.05, 4.69) is 5.32 Å². The molecule has 0 bridgehead atoms. The molecular weight excluding hydrogens is 281 g/mol. The average Bonchev–Trinajstić information content (AvgIpc) is 2.49. The van der Waals surface area contributed by atoms with E-state index in [1.54, 1.807) is 0 Å². The Labute approximate surface area is 119 Å². The van der Waals surface area contributed by atoms with E-state index in [0.29, 0.717) is 0 Å². The van der Waals surface area contributed by atoms with Crippen molar-refractivity contribution in [2.24, 2.45) is 0 Å². The van der Waals surface area contributed by atoms with Crippen molar-refractivity contribution in [3.8, 4) is 6.07 Å². The number of anilines is 1. The molecule has 0 aliphatic carbocycles. The lowest BCUT2D eigenvalue weighted by Crippen LogP contribution is -2.47. The van der Waals surface area contributed by atoms with Crippen molar-refractivity contribution in [3.05, 3.63) is 29.6 Å². The fourth-order valence-corrected chi connectivity index (χ4v) is 1.86. The first-order chi connectivity index (χ1) is 10.0. The van der Waals surface area contributed by atoms with Crippen molar-refractivity contribution >= 4 is 17.7 Å². The first-order valence-electron chi connectivity index (χ1n) is 6.11. The van der Waals surface area contributed by atoms with Crippen LogP contribution >= 0.6 is 0 Å². The van der Waals surface area contributed by atoms with E-state index in [1.807, 2.05) is 6.07 Å². The van der Waals surface area contributed by atoms with Crippen LogP contribution in [0.1, 0.15) is 10.4 Å². The van der Waals surface area contributed by atoms with Crippen molar-refractivity contribution < 1.29 is 23.8 Å². The number of hydrogen-bond donors (Lipinski definition) is 2. The molecule has 0 radical (unpaired) electrons. The van der Waals surface area contributed by atoms with Crippen LogP contribution in [0, 0.1) is 17.1 Å². The smallest absolute Gasteiger partial charge is 0.335 e. The number of carboxylic acid groups (broad SMARTS) is 1. The van der Waals surface area contributed by atoms with Crippen molar-refractivity contribution in [1.29, 1.82) is 5.26 Å². The third kappa shape index (κ3) is 3.46. The molecule has 0 spiro atoms. The topological polar surface area (TPSA) is 103 Å². The van der Waals surface area contributed by atoms with Gasteiger partial charge in [0.15, 0.2) is 6.10 Å². The molecule has 1 aliphatic heterocycles. The third-order valence-corrected chi connectivity index (χ3v) is 2.95. The Balaban J connectivity index is 2.10. The molecule has 1 aliphatic rings. The van der Waals surface area contributed by atoms with Gasteiger partial charge in [0.25, 0.3) is 0 Å². The van der Waals surface area contributed by atoms with Crippen LogP contribution in [0.4, 0.5) is 14.9 Å². The van der Waals surface area contributed by atoms with Crippen LogP contribution in [-0.4, -0.2) is 47.8 Å². The number of ether oxygens (including phenoxy) is 1. The summed E-state index contributed by atoms with van der Waals surface area (Å²) >= 11 is 0. The second-order valence-corrected chi connectivity index (χ2v) is 4.36. The molecule has 1 atom stereocenters. The van der Waals surface area contributed by atoms with Gasteiger partial charge in [0.1, 0.15) is 5.82 Å². The van der Waals surface area contributed by atoms with E-state index < -0.39 is 23.9 Å². The minimum absolute atomic E-state index is 0.0720. The Bertz CT molecular complexity index is 614. The highest BCUT2D eigenvalue weighted by Crippen LogP contribution is 2.17. The summed E-state index contributed by atoms with van der Waals surface area (Å²) in [6.07, 6.45) is -0.722.